The number of aryl methyl sites for hydroxylation is 1. The van der Waals surface area contributed by atoms with Gasteiger partial charge in [0.1, 0.15) is 6.04 Å². The highest BCUT2D eigenvalue weighted by Gasteiger charge is 2.34. The topological polar surface area (TPSA) is 74.7 Å². The first-order valence-electron chi connectivity index (χ1n) is 7.25. The van der Waals surface area contributed by atoms with Crippen molar-refractivity contribution in [3.63, 3.8) is 0 Å². The molecule has 128 valence electrons. The Balaban J connectivity index is 2.69. The van der Waals surface area contributed by atoms with E-state index < -0.39 is 22.0 Å². The second-order valence-electron chi connectivity index (χ2n) is 5.49. The average molecular weight is 412 g/mol. The monoisotopic (exact) mass is 411 g/mol. The van der Waals surface area contributed by atoms with E-state index in [1.54, 1.807) is 31.2 Å². The maximum absolute atomic E-state index is 13.1. The van der Waals surface area contributed by atoms with Crippen LogP contribution in [0.5, 0.6) is 0 Å². The summed E-state index contributed by atoms with van der Waals surface area (Å²) in [6, 6.07) is 10.1. The Bertz CT molecular complexity index is 863. The van der Waals surface area contributed by atoms with E-state index in [4.69, 9.17) is 0 Å². The van der Waals surface area contributed by atoms with E-state index in [2.05, 4.69) is 15.9 Å². The van der Waals surface area contributed by atoms with E-state index in [0.29, 0.717) is 5.69 Å². The second kappa shape index (κ2) is 6.94. The molecule has 7 heteroatoms. The maximum atomic E-state index is 13.1. The first kappa shape index (κ1) is 18.5. The molecule has 0 saturated heterocycles. The Kier molecular flexibility index (Phi) is 5.35. The number of carboxylic acids is 1. The molecule has 0 spiro atoms. The fourth-order valence-corrected chi connectivity index (χ4v) is 4.28. The second-order valence-corrected chi connectivity index (χ2v) is 8.22. The van der Waals surface area contributed by atoms with Crippen LogP contribution in [0.3, 0.4) is 0 Å². The molecule has 0 aromatic heterocycles. The number of sulfonamides is 1. The van der Waals surface area contributed by atoms with Gasteiger partial charge < -0.3 is 5.11 Å². The molecule has 0 saturated carbocycles. The normalized spacial score (nSPS) is 12.7. The third-order valence-electron chi connectivity index (χ3n) is 3.89. The Hall–Kier alpha value is -1.86. The minimum atomic E-state index is -4.02. The van der Waals surface area contributed by atoms with Crippen LogP contribution in [0.1, 0.15) is 18.1 Å². The third-order valence-corrected chi connectivity index (χ3v) is 6.32. The Morgan fingerprint density at radius 2 is 1.71 bits per heavy atom. The number of rotatable bonds is 5. The lowest BCUT2D eigenvalue weighted by Gasteiger charge is -2.29. The molecule has 0 fully saturated rings. The predicted octanol–water partition coefficient (Wildman–Crippen LogP) is 3.73. The largest absolute Gasteiger partial charge is 0.480 e. The molecule has 2 aromatic rings. The van der Waals surface area contributed by atoms with Gasteiger partial charge in [0.05, 0.1) is 10.6 Å². The van der Waals surface area contributed by atoms with Gasteiger partial charge in [-0.3, -0.25) is 4.31 Å². The van der Waals surface area contributed by atoms with Gasteiger partial charge in [0.15, 0.2) is 0 Å². The van der Waals surface area contributed by atoms with Crippen LogP contribution in [-0.2, 0) is 14.8 Å². The standard InChI is InChI=1S/C17H18BrNO4S/c1-11-5-4-6-16(12(11)2)19(13(3)17(20)21)24(22,23)15-9-7-14(18)8-10-15/h4-10,13H,1-3H3,(H,20,21). The molecule has 0 aliphatic carbocycles. The van der Waals surface area contributed by atoms with Crippen LogP contribution in [-0.4, -0.2) is 25.5 Å². The molecule has 2 rings (SSSR count). The Labute approximate surface area is 150 Å². The van der Waals surface area contributed by atoms with Crippen molar-refractivity contribution in [3.05, 3.63) is 58.1 Å². The van der Waals surface area contributed by atoms with Crippen molar-refractivity contribution in [1.82, 2.24) is 0 Å². The van der Waals surface area contributed by atoms with Gasteiger partial charge in [0.25, 0.3) is 10.0 Å². The zero-order valence-corrected chi connectivity index (χ0v) is 15.9. The van der Waals surface area contributed by atoms with Crippen LogP contribution < -0.4 is 4.31 Å². The summed E-state index contributed by atoms with van der Waals surface area (Å²) in [4.78, 5) is 11.6. The maximum Gasteiger partial charge on any atom is 0.327 e. The van der Waals surface area contributed by atoms with Gasteiger partial charge in [-0.05, 0) is 62.2 Å². The molecule has 1 atom stereocenters. The first-order chi connectivity index (χ1) is 11.2. The molecule has 5 nitrogen and oxygen atoms in total. The van der Waals surface area contributed by atoms with E-state index in [1.165, 1.54) is 19.1 Å². The highest BCUT2D eigenvalue weighted by Crippen LogP contribution is 2.31. The number of carboxylic acid groups (broad SMARTS) is 1. The number of aliphatic carboxylic acids is 1. The molecule has 1 N–H and O–H groups in total. The van der Waals surface area contributed by atoms with Crippen molar-refractivity contribution >= 4 is 37.6 Å². The lowest BCUT2D eigenvalue weighted by molar-refractivity contribution is -0.137. The van der Waals surface area contributed by atoms with Gasteiger partial charge in [-0.1, -0.05) is 28.1 Å². The van der Waals surface area contributed by atoms with Crippen LogP contribution >= 0.6 is 15.9 Å². The van der Waals surface area contributed by atoms with E-state index >= 15 is 0 Å². The molecule has 0 aliphatic rings. The summed E-state index contributed by atoms with van der Waals surface area (Å²) >= 11 is 3.26. The summed E-state index contributed by atoms with van der Waals surface area (Å²) in [5, 5.41) is 9.41. The fourth-order valence-electron chi connectivity index (χ4n) is 2.34. The summed E-state index contributed by atoms with van der Waals surface area (Å²) < 4.78 is 27.9. The summed E-state index contributed by atoms with van der Waals surface area (Å²) in [7, 11) is -4.02. The molecule has 0 amide bonds. The van der Waals surface area contributed by atoms with Crippen LogP contribution in [0.4, 0.5) is 5.69 Å². The van der Waals surface area contributed by atoms with E-state index in [1.807, 2.05) is 13.0 Å². The minimum Gasteiger partial charge on any atom is -0.480 e. The number of hydrogen-bond acceptors (Lipinski definition) is 3. The van der Waals surface area contributed by atoms with Crippen molar-refractivity contribution in [3.8, 4) is 0 Å². The van der Waals surface area contributed by atoms with Gasteiger partial charge in [0.2, 0.25) is 0 Å². The number of halogens is 1. The average Bonchev–Trinajstić information content (AvgIpc) is 2.51. The van der Waals surface area contributed by atoms with Gasteiger partial charge >= 0.3 is 5.97 Å². The molecule has 2 aromatic carbocycles. The lowest BCUT2D eigenvalue weighted by Crippen LogP contribution is -2.43. The van der Waals surface area contributed by atoms with Crippen LogP contribution in [0, 0.1) is 13.8 Å². The number of nitrogens with zero attached hydrogens (tertiary/aromatic N) is 1. The quantitative estimate of drug-likeness (QED) is 0.812. The van der Waals surface area contributed by atoms with Crippen molar-refractivity contribution in [2.45, 2.75) is 31.7 Å². The lowest BCUT2D eigenvalue weighted by atomic mass is 10.1. The molecule has 0 bridgehead atoms. The number of benzene rings is 2. The van der Waals surface area contributed by atoms with Gasteiger partial charge in [-0.2, -0.15) is 0 Å². The molecule has 24 heavy (non-hydrogen) atoms. The molecular formula is C17H18BrNO4S. The van der Waals surface area contributed by atoms with Gasteiger partial charge in [-0.15, -0.1) is 0 Å². The fraction of sp³-hybridized carbons (Fsp3) is 0.235. The van der Waals surface area contributed by atoms with Crippen LogP contribution in [0.25, 0.3) is 0 Å². The van der Waals surface area contributed by atoms with Gasteiger partial charge in [-0.25, -0.2) is 13.2 Å². The van der Waals surface area contributed by atoms with E-state index in [-0.39, 0.29) is 4.90 Å². The minimum absolute atomic E-state index is 0.0414. The zero-order valence-electron chi connectivity index (χ0n) is 13.5. The Morgan fingerprint density at radius 3 is 2.25 bits per heavy atom. The van der Waals surface area contributed by atoms with E-state index in [0.717, 1.165) is 19.9 Å². The predicted molar refractivity (Wildman–Crippen MR) is 96.8 cm³/mol. The number of hydrogen-bond donors (Lipinski definition) is 1. The summed E-state index contributed by atoms with van der Waals surface area (Å²) in [6.45, 7) is 5.00. The SMILES string of the molecule is Cc1cccc(N(C(C)C(=O)O)S(=O)(=O)c2ccc(Br)cc2)c1C. The molecule has 1 unspecified atom stereocenters. The molecule has 0 heterocycles. The van der Waals surface area contributed by atoms with Gasteiger partial charge in [0, 0.05) is 4.47 Å². The number of anilines is 1. The smallest absolute Gasteiger partial charge is 0.327 e. The summed E-state index contributed by atoms with van der Waals surface area (Å²) in [5.41, 5.74) is 1.99. The molecular weight excluding hydrogens is 394 g/mol. The Morgan fingerprint density at radius 1 is 1.12 bits per heavy atom. The number of carbonyl (C=O) groups is 1. The highest BCUT2D eigenvalue weighted by atomic mass is 79.9. The van der Waals surface area contributed by atoms with Crippen LogP contribution in [0.2, 0.25) is 0 Å². The summed E-state index contributed by atoms with van der Waals surface area (Å²) in [5.74, 6) is -1.21. The molecule has 0 radical (unpaired) electrons. The first-order valence-corrected chi connectivity index (χ1v) is 9.48. The van der Waals surface area contributed by atoms with Crippen LogP contribution in [0.15, 0.2) is 51.8 Å². The third kappa shape index (κ3) is 3.47. The van der Waals surface area contributed by atoms with Crippen molar-refractivity contribution in [2.24, 2.45) is 0 Å². The van der Waals surface area contributed by atoms with Crippen molar-refractivity contribution in [2.75, 3.05) is 4.31 Å². The van der Waals surface area contributed by atoms with Crippen molar-refractivity contribution < 1.29 is 18.3 Å². The molecule has 0 aliphatic heterocycles. The zero-order chi connectivity index (χ0) is 18.1. The highest BCUT2D eigenvalue weighted by molar-refractivity contribution is 9.10. The van der Waals surface area contributed by atoms with Crippen molar-refractivity contribution in [1.29, 1.82) is 0 Å². The summed E-state index contributed by atoms with van der Waals surface area (Å²) in [6.07, 6.45) is 0. The van der Waals surface area contributed by atoms with E-state index in [9.17, 15) is 18.3 Å².